The number of rotatable bonds is 4. The normalized spacial score (nSPS) is 15.7. The largest absolute Gasteiger partial charge is 0.444 e. The third kappa shape index (κ3) is 7.71. The Hall–Kier alpha value is -1.99. The molecule has 0 aromatic heterocycles. The van der Waals surface area contributed by atoms with Crippen molar-refractivity contribution in [2.24, 2.45) is 0 Å². The van der Waals surface area contributed by atoms with Gasteiger partial charge in [0.1, 0.15) is 5.60 Å². The Labute approximate surface area is 137 Å². The molecule has 0 atom stereocenters. The van der Waals surface area contributed by atoms with E-state index in [-0.39, 0.29) is 30.5 Å². The van der Waals surface area contributed by atoms with Crippen LogP contribution in [0.4, 0.5) is 9.59 Å². The second-order valence-electron chi connectivity index (χ2n) is 6.57. The van der Waals surface area contributed by atoms with E-state index in [1.54, 1.807) is 4.90 Å². The lowest BCUT2D eigenvalue weighted by atomic mass is 10.1. The van der Waals surface area contributed by atoms with E-state index in [1.165, 1.54) is 7.05 Å². The van der Waals surface area contributed by atoms with Crippen LogP contribution in [-0.2, 0) is 9.53 Å². The Kier molecular flexibility index (Phi) is 7.12. The van der Waals surface area contributed by atoms with E-state index in [4.69, 9.17) is 4.74 Å². The molecule has 0 aromatic rings. The SMILES string of the molecule is CNC(=O)NCCC(=O)NC1CCN(C(=O)OC(C)(C)C)CC1. The molecular formula is C15H28N4O4. The van der Waals surface area contributed by atoms with Crippen molar-refractivity contribution in [1.29, 1.82) is 0 Å². The molecule has 132 valence electrons. The average molecular weight is 328 g/mol. The number of urea groups is 1. The molecule has 0 aromatic carbocycles. The van der Waals surface area contributed by atoms with Gasteiger partial charge >= 0.3 is 12.1 Å². The monoisotopic (exact) mass is 328 g/mol. The molecule has 0 aliphatic carbocycles. The molecule has 3 N–H and O–H groups in total. The van der Waals surface area contributed by atoms with E-state index >= 15 is 0 Å². The highest BCUT2D eigenvalue weighted by molar-refractivity contribution is 5.78. The molecule has 0 bridgehead atoms. The van der Waals surface area contributed by atoms with Crippen LogP contribution in [0.15, 0.2) is 0 Å². The summed E-state index contributed by atoms with van der Waals surface area (Å²) >= 11 is 0. The van der Waals surface area contributed by atoms with Crippen LogP contribution < -0.4 is 16.0 Å². The highest BCUT2D eigenvalue weighted by atomic mass is 16.6. The summed E-state index contributed by atoms with van der Waals surface area (Å²) in [5, 5.41) is 7.91. The zero-order valence-corrected chi connectivity index (χ0v) is 14.4. The number of amides is 4. The summed E-state index contributed by atoms with van der Waals surface area (Å²) in [6, 6.07) is -0.246. The predicted molar refractivity (Wildman–Crippen MR) is 86.0 cm³/mol. The molecule has 1 rings (SSSR count). The summed E-state index contributed by atoms with van der Waals surface area (Å²) in [5.74, 6) is -0.0999. The third-order valence-electron chi connectivity index (χ3n) is 3.38. The van der Waals surface area contributed by atoms with E-state index in [9.17, 15) is 14.4 Å². The molecule has 8 heteroatoms. The van der Waals surface area contributed by atoms with Gasteiger partial charge in [0.25, 0.3) is 0 Å². The van der Waals surface area contributed by atoms with Crippen molar-refractivity contribution in [3.05, 3.63) is 0 Å². The maximum Gasteiger partial charge on any atom is 0.410 e. The maximum atomic E-state index is 11.9. The van der Waals surface area contributed by atoms with Gasteiger partial charge < -0.3 is 25.6 Å². The van der Waals surface area contributed by atoms with Crippen LogP contribution in [0.1, 0.15) is 40.0 Å². The van der Waals surface area contributed by atoms with E-state index in [0.29, 0.717) is 32.5 Å². The quantitative estimate of drug-likeness (QED) is 0.711. The zero-order chi connectivity index (χ0) is 17.5. The van der Waals surface area contributed by atoms with E-state index in [0.717, 1.165) is 0 Å². The maximum absolute atomic E-state index is 11.9. The lowest BCUT2D eigenvalue weighted by Crippen LogP contribution is -2.48. The molecule has 1 saturated heterocycles. The molecule has 4 amide bonds. The molecule has 0 saturated carbocycles. The van der Waals surface area contributed by atoms with Gasteiger partial charge in [0.2, 0.25) is 5.91 Å². The van der Waals surface area contributed by atoms with Crippen LogP contribution in [-0.4, -0.2) is 61.3 Å². The van der Waals surface area contributed by atoms with Gasteiger partial charge in [-0.2, -0.15) is 0 Å². The molecule has 1 aliphatic rings. The first-order chi connectivity index (χ1) is 10.7. The Morgan fingerprint density at radius 3 is 2.30 bits per heavy atom. The van der Waals surface area contributed by atoms with Gasteiger partial charge in [0, 0.05) is 39.1 Å². The Morgan fingerprint density at radius 1 is 1.17 bits per heavy atom. The molecule has 1 fully saturated rings. The van der Waals surface area contributed by atoms with Gasteiger partial charge in [0.15, 0.2) is 0 Å². The topological polar surface area (TPSA) is 99.8 Å². The summed E-state index contributed by atoms with van der Waals surface area (Å²) in [7, 11) is 1.52. The van der Waals surface area contributed by atoms with Gasteiger partial charge in [-0.1, -0.05) is 0 Å². The number of hydrogen-bond donors (Lipinski definition) is 3. The zero-order valence-electron chi connectivity index (χ0n) is 14.4. The van der Waals surface area contributed by atoms with Crippen LogP contribution in [0, 0.1) is 0 Å². The average Bonchev–Trinajstić information content (AvgIpc) is 2.46. The van der Waals surface area contributed by atoms with Crippen molar-refractivity contribution in [2.45, 2.75) is 51.7 Å². The van der Waals surface area contributed by atoms with Gasteiger partial charge in [-0.3, -0.25) is 4.79 Å². The van der Waals surface area contributed by atoms with Crippen LogP contribution >= 0.6 is 0 Å². The number of piperidine rings is 1. The number of ether oxygens (including phenoxy) is 1. The number of carbonyl (C=O) groups excluding carboxylic acids is 3. The Balaban J connectivity index is 2.24. The van der Waals surface area contributed by atoms with Gasteiger partial charge in [-0.15, -0.1) is 0 Å². The lowest BCUT2D eigenvalue weighted by molar-refractivity contribution is -0.121. The van der Waals surface area contributed by atoms with Crippen LogP contribution in [0.5, 0.6) is 0 Å². The van der Waals surface area contributed by atoms with E-state index < -0.39 is 5.60 Å². The first kappa shape index (κ1) is 19.1. The number of hydrogen-bond acceptors (Lipinski definition) is 4. The lowest BCUT2D eigenvalue weighted by Gasteiger charge is -2.33. The number of nitrogens with one attached hydrogen (secondary N) is 3. The fourth-order valence-corrected chi connectivity index (χ4v) is 2.21. The minimum atomic E-state index is -0.500. The Bertz CT molecular complexity index is 426. The standard InChI is InChI=1S/C15H28N4O4/c1-15(2,3)23-14(22)19-9-6-11(7-10-19)18-12(20)5-8-17-13(21)16-4/h11H,5-10H2,1-4H3,(H,18,20)(H2,16,17,21). The van der Waals surface area contributed by atoms with Crippen molar-refractivity contribution >= 4 is 18.0 Å². The van der Waals surface area contributed by atoms with Crippen molar-refractivity contribution in [3.8, 4) is 0 Å². The van der Waals surface area contributed by atoms with E-state index in [1.807, 2.05) is 20.8 Å². The van der Waals surface area contributed by atoms with Crippen molar-refractivity contribution in [3.63, 3.8) is 0 Å². The van der Waals surface area contributed by atoms with Crippen LogP contribution in [0.2, 0.25) is 0 Å². The summed E-state index contributed by atoms with van der Waals surface area (Å²) < 4.78 is 5.33. The molecule has 1 aliphatic heterocycles. The number of carbonyl (C=O) groups is 3. The number of nitrogens with zero attached hydrogens (tertiary/aromatic N) is 1. The van der Waals surface area contributed by atoms with Crippen LogP contribution in [0.25, 0.3) is 0 Å². The molecule has 0 spiro atoms. The van der Waals surface area contributed by atoms with Gasteiger partial charge in [-0.25, -0.2) is 9.59 Å². The third-order valence-corrected chi connectivity index (χ3v) is 3.38. The molecule has 0 unspecified atom stereocenters. The van der Waals surface area contributed by atoms with Crippen molar-refractivity contribution < 1.29 is 19.1 Å². The van der Waals surface area contributed by atoms with Crippen LogP contribution in [0.3, 0.4) is 0 Å². The molecule has 1 heterocycles. The minimum absolute atomic E-state index is 0.0567. The van der Waals surface area contributed by atoms with Crippen molar-refractivity contribution in [1.82, 2.24) is 20.9 Å². The molecule has 0 radical (unpaired) electrons. The second-order valence-corrected chi connectivity index (χ2v) is 6.57. The number of likely N-dealkylation sites (tertiary alicyclic amines) is 1. The summed E-state index contributed by atoms with van der Waals surface area (Å²) in [6.07, 6.45) is 1.33. The molecule has 8 nitrogen and oxygen atoms in total. The Morgan fingerprint density at radius 2 is 1.78 bits per heavy atom. The highest BCUT2D eigenvalue weighted by Gasteiger charge is 2.27. The predicted octanol–water partition coefficient (Wildman–Crippen LogP) is 0.821. The summed E-state index contributed by atoms with van der Waals surface area (Å²) in [6.45, 7) is 6.94. The first-order valence-corrected chi connectivity index (χ1v) is 7.94. The van der Waals surface area contributed by atoms with Gasteiger partial charge in [-0.05, 0) is 33.6 Å². The highest BCUT2D eigenvalue weighted by Crippen LogP contribution is 2.15. The van der Waals surface area contributed by atoms with Gasteiger partial charge in [0.05, 0.1) is 0 Å². The smallest absolute Gasteiger partial charge is 0.410 e. The molecular weight excluding hydrogens is 300 g/mol. The first-order valence-electron chi connectivity index (χ1n) is 7.94. The fraction of sp³-hybridized carbons (Fsp3) is 0.800. The minimum Gasteiger partial charge on any atom is -0.444 e. The van der Waals surface area contributed by atoms with E-state index in [2.05, 4.69) is 16.0 Å². The summed E-state index contributed by atoms with van der Waals surface area (Å²) in [4.78, 5) is 36.4. The molecule has 23 heavy (non-hydrogen) atoms. The van der Waals surface area contributed by atoms with Crippen molar-refractivity contribution in [2.75, 3.05) is 26.7 Å². The fourth-order valence-electron chi connectivity index (χ4n) is 2.21. The summed E-state index contributed by atoms with van der Waals surface area (Å²) in [5.41, 5.74) is -0.500. The second kappa shape index (κ2) is 8.59.